The van der Waals surface area contributed by atoms with Crippen LogP contribution in [-0.4, -0.2) is 94.2 Å². The molecule has 490 valence electrons. The van der Waals surface area contributed by atoms with E-state index in [1.54, 1.807) is 13.8 Å². The Bertz CT molecular complexity index is 2020. The number of aliphatic carboxylic acids is 1. The highest BCUT2D eigenvalue weighted by Crippen LogP contribution is 2.43. The van der Waals surface area contributed by atoms with Crippen LogP contribution in [0.1, 0.15) is 270 Å². The van der Waals surface area contributed by atoms with E-state index in [1.165, 1.54) is 114 Å². The summed E-state index contributed by atoms with van der Waals surface area (Å²) in [7, 11) is 0. The summed E-state index contributed by atoms with van der Waals surface area (Å²) in [5.41, 5.74) is -0.00740. The van der Waals surface area contributed by atoms with Crippen LogP contribution >= 0.6 is 11.8 Å². The van der Waals surface area contributed by atoms with Crippen LogP contribution in [0.5, 0.6) is 0 Å². The predicted octanol–water partition coefficient (Wildman–Crippen LogP) is 18.8. The number of carbonyl (C=O) groups is 4. The lowest BCUT2D eigenvalue weighted by molar-refractivity contribution is -0.158. The van der Waals surface area contributed by atoms with Crippen LogP contribution in [0.15, 0.2) is 60.7 Å². The zero-order chi connectivity index (χ0) is 62.6. The van der Waals surface area contributed by atoms with E-state index in [4.69, 9.17) is 28.4 Å². The minimum atomic E-state index is -1.14. The van der Waals surface area contributed by atoms with Crippen LogP contribution in [0.4, 0.5) is 0 Å². The molecule has 86 heavy (non-hydrogen) atoms. The Morgan fingerprint density at radius 2 is 0.872 bits per heavy atom. The molecule has 2 rings (SSSR count). The number of hydrogen-bond acceptors (Lipinski definition) is 12. The summed E-state index contributed by atoms with van der Waals surface area (Å²) in [5.74, 6) is -4.53. The fraction of sp³-hybridized carbons (Fsp3) is 0.767. The third-order valence-corrected chi connectivity index (χ3v) is 17.9. The summed E-state index contributed by atoms with van der Waals surface area (Å²) in [5, 5.41) is 21.4. The molecule has 0 aliphatic heterocycles. The molecule has 0 saturated carbocycles. The molecule has 0 heterocycles. The Morgan fingerprint density at radius 3 is 1.30 bits per heavy atom. The van der Waals surface area contributed by atoms with Crippen LogP contribution in [0, 0.1) is 39.9 Å². The van der Waals surface area contributed by atoms with E-state index in [1.807, 2.05) is 67.6 Å². The van der Waals surface area contributed by atoms with Crippen molar-refractivity contribution in [3.8, 4) is 6.07 Å². The maximum absolute atomic E-state index is 14.3. The summed E-state index contributed by atoms with van der Waals surface area (Å²) < 4.78 is 35.0. The largest absolute Gasteiger partial charge is 0.481 e. The minimum absolute atomic E-state index is 0.00844. The van der Waals surface area contributed by atoms with Crippen LogP contribution in [-0.2, 0) is 53.4 Å². The van der Waals surface area contributed by atoms with Gasteiger partial charge in [-0.1, -0.05) is 216 Å². The SMILES string of the molecule is CCCCCCCCCCCCOCCCCOCCCCOCCCCOCCCCOC(=O)C(C)(C)CC(CC(CC(C#N)CC(C)(CC(C)c1ccccc1)C(=O)SCc1ccccc1)C(=O)O)C(=O)OCCCCCCCCCCCC. The van der Waals surface area contributed by atoms with Gasteiger partial charge in [0.1, 0.15) is 0 Å². The molecule has 0 aromatic heterocycles. The van der Waals surface area contributed by atoms with Crippen molar-refractivity contribution in [2.24, 2.45) is 28.6 Å². The molecule has 2 aromatic rings. The van der Waals surface area contributed by atoms with Crippen LogP contribution in [0.25, 0.3) is 0 Å². The number of ether oxygens (including phenoxy) is 6. The van der Waals surface area contributed by atoms with Crippen molar-refractivity contribution in [1.82, 2.24) is 0 Å². The summed E-state index contributed by atoms with van der Waals surface area (Å²) in [6.45, 7) is 18.2. The molecule has 0 amide bonds. The average molecular weight is 1220 g/mol. The maximum atomic E-state index is 14.3. The van der Waals surface area contributed by atoms with Crippen molar-refractivity contribution >= 4 is 34.8 Å². The molecule has 2 aromatic carbocycles. The number of carboxylic acids is 1. The van der Waals surface area contributed by atoms with E-state index < -0.39 is 46.5 Å². The first-order chi connectivity index (χ1) is 41.8. The zero-order valence-corrected chi connectivity index (χ0v) is 55.9. The second-order valence-corrected chi connectivity index (χ2v) is 26.4. The molecule has 5 unspecified atom stereocenters. The van der Waals surface area contributed by atoms with E-state index in [0.29, 0.717) is 44.8 Å². The van der Waals surface area contributed by atoms with E-state index >= 15 is 0 Å². The van der Waals surface area contributed by atoms with Gasteiger partial charge in [0.25, 0.3) is 0 Å². The van der Waals surface area contributed by atoms with Gasteiger partial charge < -0.3 is 33.5 Å². The Morgan fingerprint density at radius 1 is 0.488 bits per heavy atom. The Labute approximate surface area is 527 Å². The van der Waals surface area contributed by atoms with Crippen molar-refractivity contribution in [2.45, 2.75) is 265 Å². The van der Waals surface area contributed by atoms with Gasteiger partial charge in [0.15, 0.2) is 5.12 Å². The van der Waals surface area contributed by atoms with Crippen molar-refractivity contribution in [2.75, 3.05) is 66.1 Å². The number of rotatable bonds is 59. The number of benzene rings is 2. The number of hydrogen-bond donors (Lipinski definition) is 1. The molecule has 0 bridgehead atoms. The van der Waals surface area contributed by atoms with E-state index in [0.717, 1.165) is 108 Å². The van der Waals surface area contributed by atoms with Crippen molar-refractivity contribution < 1.29 is 52.7 Å². The van der Waals surface area contributed by atoms with E-state index in [-0.39, 0.29) is 49.9 Å². The molecule has 0 aliphatic carbocycles. The second-order valence-electron chi connectivity index (χ2n) is 25.4. The fourth-order valence-corrected chi connectivity index (χ4v) is 12.3. The first kappa shape index (κ1) is 78.3. The average Bonchev–Trinajstić information content (AvgIpc) is 2.24. The Kier molecular flexibility index (Phi) is 47.4. The molecular weight excluding hydrogens is 1100 g/mol. The lowest BCUT2D eigenvalue weighted by atomic mass is 9.72. The molecule has 0 saturated heterocycles. The van der Waals surface area contributed by atoms with Gasteiger partial charge >= 0.3 is 17.9 Å². The summed E-state index contributed by atoms with van der Waals surface area (Å²) >= 11 is 1.23. The van der Waals surface area contributed by atoms with Crippen molar-refractivity contribution in [1.29, 1.82) is 5.26 Å². The fourth-order valence-electron chi connectivity index (χ4n) is 11.3. The third kappa shape index (κ3) is 40.0. The highest BCUT2D eigenvalue weighted by molar-refractivity contribution is 8.13. The monoisotopic (exact) mass is 1220 g/mol. The zero-order valence-electron chi connectivity index (χ0n) is 55.1. The van der Waals surface area contributed by atoms with Gasteiger partial charge in [0.05, 0.1) is 36.5 Å². The molecule has 0 spiro atoms. The van der Waals surface area contributed by atoms with E-state index in [9.17, 15) is 29.5 Å². The second kappa shape index (κ2) is 52.0. The molecule has 0 aliphatic rings. The number of nitrogens with zero attached hydrogens (tertiary/aromatic N) is 1. The predicted molar refractivity (Wildman–Crippen MR) is 352 cm³/mol. The van der Waals surface area contributed by atoms with Gasteiger partial charge in [0.2, 0.25) is 0 Å². The Hall–Kier alpha value is -3.80. The first-order valence-electron chi connectivity index (χ1n) is 34.3. The van der Waals surface area contributed by atoms with Crippen LogP contribution < -0.4 is 0 Å². The van der Waals surface area contributed by atoms with Crippen LogP contribution in [0.2, 0.25) is 0 Å². The molecule has 0 fully saturated rings. The number of esters is 2. The van der Waals surface area contributed by atoms with Gasteiger partial charge in [-0.05, 0) is 127 Å². The topological polar surface area (TPSA) is 168 Å². The highest BCUT2D eigenvalue weighted by Gasteiger charge is 2.41. The molecule has 13 heteroatoms. The summed E-state index contributed by atoms with van der Waals surface area (Å²) in [6.07, 6.45) is 32.5. The molecule has 5 atom stereocenters. The lowest BCUT2D eigenvalue weighted by Gasteiger charge is -2.33. The Balaban J connectivity index is 1.81. The van der Waals surface area contributed by atoms with Crippen molar-refractivity contribution in [3.05, 3.63) is 71.8 Å². The number of nitriles is 1. The summed E-state index contributed by atoms with van der Waals surface area (Å²) in [4.78, 5) is 55.3. The summed E-state index contributed by atoms with van der Waals surface area (Å²) in [6, 6.07) is 22.1. The standard InChI is InChI=1S/C73H121NO11S/c1-7-9-11-13-15-17-19-21-23-31-45-80-46-33-34-47-81-48-35-36-49-82-50-37-38-51-83-52-39-40-54-85-70(78)72(4,5)59-67(69(77)84-53-32-24-22-20-18-16-14-12-10-8-2)56-66(68(75)76)55-64(60-74)58-73(6,57-62(3)65-43-29-26-30-44-65)71(79)86-61-63-41-27-25-28-42-63/h25-30,41-44,62,64,66-67H,7-24,31-40,45-59,61H2,1-6H3,(H,75,76). The van der Waals surface area contributed by atoms with E-state index in [2.05, 4.69) is 26.8 Å². The normalized spacial score (nSPS) is 13.8. The number of carboxylic acid groups (broad SMARTS) is 1. The van der Waals surface area contributed by atoms with Gasteiger partial charge in [-0.3, -0.25) is 19.2 Å². The van der Waals surface area contributed by atoms with Gasteiger partial charge in [-0.2, -0.15) is 5.26 Å². The quantitative estimate of drug-likeness (QED) is 0.0491. The molecule has 0 radical (unpaired) electrons. The molecule has 1 N–H and O–H groups in total. The van der Waals surface area contributed by atoms with Gasteiger partial charge in [0, 0.05) is 69.9 Å². The van der Waals surface area contributed by atoms with Crippen molar-refractivity contribution in [3.63, 3.8) is 0 Å². The van der Waals surface area contributed by atoms with Gasteiger partial charge in [-0.25, -0.2) is 0 Å². The minimum Gasteiger partial charge on any atom is -0.481 e. The lowest BCUT2D eigenvalue weighted by Crippen LogP contribution is -2.35. The third-order valence-electron chi connectivity index (χ3n) is 16.6. The first-order valence-corrected chi connectivity index (χ1v) is 35.3. The number of thioether (sulfide) groups is 1. The highest BCUT2D eigenvalue weighted by atomic mass is 32.2. The smallest absolute Gasteiger partial charge is 0.311 e. The van der Waals surface area contributed by atoms with Crippen LogP contribution in [0.3, 0.4) is 0 Å². The molecular formula is C73H121NO11S. The maximum Gasteiger partial charge on any atom is 0.311 e. The number of carbonyl (C=O) groups excluding carboxylic acids is 3. The molecule has 12 nitrogen and oxygen atoms in total. The van der Waals surface area contributed by atoms with Gasteiger partial charge in [-0.15, -0.1) is 0 Å². The number of unbranched alkanes of at least 4 members (excludes halogenated alkanes) is 22.